The Morgan fingerprint density at radius 1 is 1.34 bits per heavy atom. The molecule has 2 aromatic rings. The first-order valence-electron chi connectivity index (χ1n) is 10.4. The van der Waals surface area contributed by atoms with Crippen LogP contribution in [0, 0.1) is 6.92 Å². The Labute approximate surface area is 171 Å². The molecule has 2 saturated heterocycles. The summed E-state index contributed by atoms with van der Waals surface area (Å²) in [6, 6.07) is 6.32. The molecule has 8 nitrogen and oxygen atoms in total. The predicted octanol–water partition coefficient (Wildman–Crippen LogP) is 2.00. The lowest BCUT2D eigenvalue weighted by molar-refractivity contribution is 0.0675. The highest BCUT2D eigenvalue weighted by Gasteiger charge is 2.20. The molecule has 2 fully saturated rings. The molecule has 2 aliphatic heterocycles. The van der Waals surface area contributed by atoms with E-state index in [4.69, 9.17) is 9.47 Å². The van der Waals surface area contributed by atoms with Crippen LogP contribution in [0.2, 0.25) is 0 Å². The number of amides is 1. The highest BCUT2D eigenvalue weighted by Crippen LogP contribution is 2.22. The molecule has 3 heterocycles. The normalized spacial score (nSPS) is 20.0. The summed E-state index contributed by atoms with van der Waals surface area (Å²) in [5.41, 5.74) is 2.40. The summed E-state index contributed by atoms with van der Waals surface area (Å²) in [4.78, 5) is 12.6. The van der Waals surface area contributed by atoms with Crippen LogP contribution in [0.4, 0.5) is 0 Å². The number of piperidine rings is 1. The molecule has 1 unspecified atom stereocenters. The second-order valence-electron chi connectivity index (χ2n) is 7.80. The fourth-order valence-electron chi connectivity index (χ4n) is 3.80. The van der Waals surface area contributed by atoms with E-state index < -0.39 is 0 Å². The van der Waals surface area contributed by atoms with Crippen molar-refractivity contribution in [3.63, 3.8) is 0 Å². The highest BCUT2D eigenvalue weighted by molar-refractivity contribution is 5.91. The second-order valence-corrected chi connectivity index (χ2v) is 7.80. The van der Waals surface area contributed by atoms with E-state index in [-0.39, 0.29) is 12.0 Å². The summed E-state index contributed by atoms with van der Waals surface area (Å²) in [7, 11) is 0. The Balaban J connectivity index is 1.35. The largest absolute Gasteiger partial charge is 0.491 e. The first-order chi connectivity index (χ1) is 14.2. The zero-order valence-electron chi connectivity index (χ0n) is 16.9. The van der Waals surface area contributed by atoms with Gasteiger partial charge in [-0.2, -0.15) is 0 Å². The number of carbonyl (C=O) groups is 1. The van der Waals surface area contributed by atoms with Gasteiger partial charge in [0.05, 0.1) is 18.3 Å². The molecule has 8 heteroatoms. The smallest absolute Gasteiger partial charge is 0.273 e. The quantitative estimate of drug-likeness (QED) is 0.740. The second kappa shape index (κ2) is 9.37. The molecule has 4 rings (SSSR count). The third kappa shape index (κ3) is 5.13. The minimum absolute atomic E-state index is 0.156. The standard InChI is InChI=1S/C21H29N5O3/c1-15-4-5-16(20(11-15)29-14-18-3-2-10-28-18)12-23-21(27)19-13-26(25-24-19)17-6-8-22-9-7-17/h4-5,11,13,17-18,22H,2-3,6-10,12,14H2,1H3,(H,23,27). The van der Waals surface area contributed by atoms with Crippen LogP contribution in [0.15, 0.2) is 24.4 Å². The average Bonchev–Trinajstić information content (AvgIpc) is 3.44. The van der Waals surface area contributed by atoms with Crippen molar-refractivity contribution in [1.82, 2.24) is 25.6 Å². The number of aryl methyl sites for hydroxylation is 1. The van der Waals surface area contributed by atoms with Crippen LogP contribution >= 0.6 is 0 Å². The summed E-state index contributed by atoms with van der Waals surface area (Å²) in [6.45, 7) is 5.68. The number of hydrogen-bond acceptors (Lipinski definition) is 6. The number of nitrogens with zero attached hydrogens (tertiary/aromatic N) is 3. The van der Waals surface area contributed by atoms with Crippen LogP contribution in [0.5, 0.6) is 5.75 Å². The monoisotopic (exact) mass is 399 g/mol. The summed E-state index contributed by atoms with van der Waals surface area (Å²) < 4.78 is 13.5. The van der Waals surface area contributed by atoms with Gasteiger partial charge in [0, 0.05) is 18.7 Å². The lowest BCUT2D eigenvalue weighted by Gasteiger charge is -2.22. The molecule has 0 saturated carbocycles. The van der Waals surface area contributed by atoms with E-state index in [2.05, 4.69) is 20.9 Å². The molecule has 2 N–H and O–H groups in total. The van der Waals surface area contributed by atoms with E-state index in [0.717, 1.165) is 62.3 Å². The lowest BCUT2D eigenvalue weighted by Crippen LogP contribution is -2.29. The molecule has 0 bridgehead atoms. The van der Waals surface area contributed by atoms with Gasteiger partial charge in [-0.3, -0.25) is 4.79 Å². The number of nitrogens with one attached hydrogen (secondary N) is 2. The molecular formula is C21H29N5O3. The van der Waals surface area contributed by atoms with E-state index >= 15 is 0 Å². The van der Waals surface area contributed by atoms with Crippen molar-refractivity contribution in [2.75, 3.05) is 26.3 Å². The number of hydrogen-bond donors (Lipinski definition) is 2. The number of aromatic nitrogens is 3. The number of carbonyl (C=O) groups excluding carboxylic acids is 1. The SMILES string of the molecule is Cc1ccc(CNC(=O)c2cn(C3CCNCC3)nn2)c(OCC2CCCO2)c1. The van der Waals surface area contributed by atoms with Crippen molar-refractivity contribution in [2.24, 2.45) is 0 Å². The van der Waals surface area contributed by atoms with E-state index in [0.29, 0.717) is 24.9 Å². The lowest BCUT2D eigenvalue weighted by atomic mass is 10.1. The Bertz CT molecular complexity index is 825. The van der Waals surface area contributed by atoms with Crippen LogP contribution in [0.1, 0.15) is 53.3 Å². The van der Waals surface area contributed by atoms with Crippen molar-refractivity contribution in [2.45, 2.75) is 51.3 Å². The molecule has 29 heavy (non-hydrogen) atoms. The van der Waals surface area contributed by atoms with Crippen molar-refractivity contribution in [3.05, 3.63) is 41.2 Å². The van der Waals surface area contributed by atoms with Gasteiger partial charge in [0.25, 0.3) is 5.91 Å². The molecule has 1 aromatic heterocycles. The molecule has 0 aliphatic carbocycles. The zero-order valence-corrected chi connectivity index (χ0v) is 16.9. The van der Waals surface area contributed by atoms with Gasteiger partial charge in [0.2, 0.25) is 0 Å². The van der Waals surface area contributed by atoms with E-state index in [9.17, 15) is 4.79 Å². The molecule has 2 aliphatic rings. The molecule has 0 radical (unpaired) electrons. The third-order valence-corrected chi connectivity index (χ3v) is 5.54. The Morgan fingerprint density at radius 2 is 2.21 bits per heavy atom. The maximum Gasteiger partial charge on any atom is 0.273 e. The average molecular weight is 399 g/mol. The van der Waals surface area contributed by atoms with E-state index in [1.54, 1.807) is 6.20 Å². The van der Waals surface area contributed by atoms with Gasteiger partial charge in [0.1, 0.15) is 12.4 Å². The van der Waals surface area contributed by atoms with Crippen molar-refractivity contribution in [1.29, 1.82) is 0 Å². The van der Waals surface area contributed by atoms with Crippen LogP contribution in [-0.4, -0.2) is 53.3 Å². The van der Waals surface area contributed by atoms with Crippen LogP contribution < -0.4 is 15.4 Å². The number of ether oxygens (including phenoxy) is 2. The Kier molecular flexibility index (Phi) is 6.41. The van der Waals surface area contributed by atoms with Gasteiger partial charge in [-0.05, 0) is 57.3 Å². The molecule has 1 aromatic carbocycles. The van der Waals surface area contributed by atoms with Crippen LogP contribution in [-0.2, 0) is 11.3 Å². The van der Waals surface area contributed by atoms with Gasteiger partial charge >= 0.3 is 0 Å². The highest BCUT2D eigenvalue weighted by atomic mass is 16.5. The maximum absolute atomic E-state index is 12.6. The first kappa shape index (κ1) is 19.8. The summed E-state index contributed by atoms with van der Waals surface area (Å²) in [6.07, 6.45) is 6.02. The first-order valence-corrected chi connectivity index (χ1v) is 10.4. The van der Waals surface area contributed by atoms with Crippen molar-refractivity contribution in [3.8, 4) is 5.75 Å². The minimum Gasteiger partial charge on any atom is -0.491 e. The molecule has 1 atom stereocenters. The topological polar surface area (TPSA) is 90.3 Å². The van der Waals surface area contributed by atoms with Gasteiger partial charge in [0.15, 0.2) is 5.69 Å². The van der Waals surface area contributed by atoms with Gasteiger partial charge in [-0.25, -0.2) is 4.68 Å². The number of rotatable bonds is 7. The predicted molar refractivity (Wildman–Crippen MR) is 108 cm³/mol. The van der Waals surface area contributed by atoms with E-state index in [1.807, 2.05) is 29.8 Å². The third-order valence-electron chi connectivity index (χ3n) is 5.54. The molecule has 156 valence electrons. The fourth-order valence-corrected chi connectivity index (χ4v) is 3.80. The molecular weight excluding hydrogens is 370 g/mol. The van der Waals surface area contributed by atoms with Gasteiger partial charge in [-0.1, -0.05) is 17.3 Å². The summed E-state index contributed by atoms with van der Waals surface area (Å²) >= 11 is 0. The van der Waals surface area contributed by atoms with Crippen molar-refractivity contribution >= 4 is 5.91 Å². The molecule has 1 amide bonds. The van der Waals surface area contributed by atoms with Crippen molar-refractivity contribution < 1.29 is 14.3 Å². The van der Waals surface area contributed by atoms with Gasteiger partial charge < -0.3 is 20.1 Å². The van der Waals surface area contributed by atoms with E-state index in [1.165, 1.54) is 0 Å². The minimum atomic E-state index is -0.226. The fraction of sp³-hybridized carbons (Fsp3) is 0.571. The Hall–Kier alpha value is -2.45. The van der Waals surface area contributed by atoms with Gasteiger partial charge in [-0.15, -0.1) is 5.10 Å². The Morgan fingerprint density at radius 3 is 3.00 bits per heavy atom. The number of benzene rings is 1. The summed E-state index contributed by atoms with van der Waals surface area (Å²) in [5.74, 6) is 0.565. The zero-order chi connectivity index (χ0) is 20.1. The van der Waals surface area contributed by atoms with Crippen LogP contribution in [0.25, 0.3) is 0 Å². The van der Waals surface area contributed by atoms with Crippen LogP contribution in [0.3, 0.4) is 0 Å². The molecule has 0 spiro atoms. The summed E-state index contributed by atoms with van der Waals surface area (Å²) in [5, 5.41) is 14.5. The maximum atomic E-state index is 12.6.